The summed E-state index contributed by atoms with van der Waals surface area (Å²) >= 11 is 0. The number of nitriles is 1. The van der Waals surface area contributed by atoms with E-state index < -0.39 is 0 Å². The van der Waals surface area contributed by atoms with Gasteiger partial charge < -0.3 is 5.32 Å². The van der Waals surface area contributed by atoms with Gasteiger partial charge in [-0.1, -0.05) is 19.9 Å². The average molecular weight is 242 g/mol. The largest absolute Gasteiger partial charge is 0.381 e. The molecule has 0 saturated heterocycles. The van der Waals surface area contributed by atoms with Crippen molar-refractivity contribution in [3.63, 3.8) is 0 Å². The highest BCUT2D eigenvalue weighted by atomic mass is 14.9. The standard InChI is InChI=1S/C16H22N2/c1-11-4-5-14(10-17)16(9-11)18-15-7-12(2)6-13(3)8-15/h4-5,9,12-13,15,18H,6-8H2,1-3H3. The molecule has 0 amide bonds. The fourth-order valence-electron chi connectivity index (χ4n) is 3.16. The van der Waals surface area contributed by atoms with Gasteiger partial charge in [-0.3, -0.25) is 0 Å². The van der Waals surface area contributed by atoms with Crippen molar-refractivity contribution in [1.29, 1.82) is 5.26 Å². The minimum Gasteiger partial charge on any atom is -0.381 e. The molecule has 0 aliphatic heterocycles. The molecule has 1 N–H and O–H groups in total. The average Bonchev–Trinajstić information content (AvgIpc) is 2.27. The lowest BCUT2D eigenvalue weighted by Gasteiger charge is -2.32. The Morgan fingerprint density at radius 3 is 2.44 bits per heavy atom. The maximum atomic E-state index is 9.15. The third-order valence-corrected chi connectivity index (χ3v) is 3.83. The van der Waals surface area contributed by atoms with Crippen molar-refractivity contribution in [1.82, 2.24) is 0 Å². The molecule has 2 heteroatoms. The van der Waals surface area contributed by atoms with Gasteiger partial charge in [-0.05, 0) is 55.7 Å². The van der Waals surface area contributed by atoms with Gasteiger partial charge >= 0.3 is 0 Å². The van der Waals surface area contributed by atoms with E-state index >= 15 is 0 Å². The van der Waals surface area contributed by atoms with Gasteiger partial charge in [0.2, 0.25) is 0 Å². The Kier molecular flexibility index (Phi) is 3.91. The van der Waals surface area contributed by atoms with E-state index in [0.717, 1.165) is 23.1 Å². The molecule has 0 heterocycles. The number of hydrogen-bond donors (Lipinski definition) is 1. The van der Waals surface area contributed by atoms with E-state index in [4.69, 9.17) is 5.26 Å². The van der Waals surface area contributed by atoms with E-state index in [0.29, 0.717) is 6.04 Å². The minimum absolute atomic E-state index is 0.512. The third-order valence-electron chi connectivity index (χ3n) is 3.83. The van der Waals surface area contributed by atoms with Crippen molar-refractivity contribution in [2.45, 2.75) is 46.1 Å². The molecule has 1 aromatic carbocycles. The lowest BCUT2D eigenvalue weighted by molar-refractivity contribution is 0.281. The first kappa shape index (κ1) is 13.0. The molecule has 1 aliphatic rings. The SMILES string of the molecule is Cc1ccc(C#N)c(NC2CC(C)CC(C)C2)c1. The second kappa shape index (κ2) is 5.44. The number of benzene rings is 1. The van der Waals surface area contributed by atoms with E-state index in [1.165, 1.54) is 24.8 Å². The molecule has 0 aromatic heterocycles. The van der Waals surface area contributed by atoms with Crippen molar-refractivity contribution in [3.05, 3.63) is 29.3 Å². The molecule has 1 saturated carbocycles. The highest BCUT2D eigenvalue weighted by Gasteiger charge is 2.24. The molecule has 18 heavy (non-hydrogen) atoms. The molecule has 0 radical (unpaired) electrons. The smallest absolute Gasteiger partial charge is 0.101 e. The van der Waals surface area contributed by atoms with Crippen molar-refractivity contribution in [2.75, 3.05) is 5.32 Å². The van der Waals surface area contributed by atoms with Crippen LogP contribution in [0.1, 0.15) is 44.2 Å². The summed E-state index contributed by atoms with van der Waals surface area (Å²) in [4.78, 5) is 0. The fourth-order valence-corrected chi connectivity index (χ4v) is 3.16. The zero-order valence-corrected chi connectivity index (χ0v) is 11.5. The lowest BCUT2D eigenvalue weighted by Crippen LogP contribution is -2.30. The molecular weight excluding hydrogens is 220 g/mol. The van der Waals surface area contributed by atoms with Crippen molar-refractivity contribution in [2.24, 2.45) is 11.8 Å². The predicted molar refractivity (Wildman–Crippen MR) is 75.5 cm³/mol. The van der Waals surface area contributed by atoms with Crippen LogP contribution in [0.15, 0.2) is 18.2 Å². The van der Waals surface area contributed by atoms with Gasteiger partial charge in [0.05, 0.1) is 11.3 Å². The van der Waals surface area contributed by atoms with Crippen LogP contribution >= 0.6 is 0 Å². The zero-order chi connectivity index (χ0) is 13.1. The Morgan fingerprint density at radius 2 is 1.83 bits per heavy atom. The number of hydrogen-bond acceptors (Lipinski definition) is 2. The van der Waals surface area contributed by atoms with Crippen LogP contribution in [0.2, 0.25) is 0 Å². The topological polar surface area (TPSA) is 35.8 Å². The molecule has 1 aromatic rings. The van der Waals surface area contributed by atoms with Crippen LogP contribution in [-0.4, -0.2) is 6.04 Å². The van der Waals surface area contributed by atoms with Gasteiger partial charge in [0.15, 0.2) is 0 Å². The molecule has 2 unspecified atom stereocenters. The molecule has 2 nitrogen and oxygen atoms in total. The second-order valence-electron chi connectivity index (χ2n) is 5.92. The van der Waals surface area contributed by atoms with Crippen LogP contribution in [0.25, 0.3) is 0 Å². The number of anilines is 1. The summed E-state index contributed by atoms with van der Waals surface area (Å²) in [6.45, 7) is 6.72. The van der Waals surface area contributed by atoms with Crippen molar-refractivity contribution in [3.8, 4) is 6.07 Å². The van der Waals surface area contributed by atoms with E-state index in [-0.39, 0.29) is 0 Å². The third kappa shape index (κ3) is 3.04. The normalized spacial score (nSPS) is 27.6. The summed E-state index contributed by atoms with van der Waals surface area (Å²) in [6, 6.07) is 8.78. The molecule has 1 aliphatic carbocycles. The van der Waals surface area contributed by atoms with Gasteiger partial charge in [-0.2, -0.15) is 5.26 Å². The van der Waals surface area contributed by atoms with Crippen LogP contribution in [-0.2, 0) is 0 Å². The minimum atomic E-state index is 0.512. The number of aryl methyl sites for hydroxylation is 1. The molecule has 2 rings (SSSR count). The van der Waals surface area contributed by atoms with Gasteiger partial charge in [0, 0.05) is 6.04 Å². The van der Waals surface area contributed by atoms with Gasteiger partial charge in [0.1, 0.15) is 6.07 Å². The van der Waals surface area contributed by atoms with Gasteiger partial charge in [-0.25, -0.2) is 0 Å². The monoisotopic (exact) mass is 242 g/mol. The van der Waals surface area contributed by atoms with Gasteiger partial charge in [-0.15, -0.1) is 0 Å². The van der Waals surface area contributed by atoms with E-state index in [1.807, 2.05) is 12.1 Å². The lowest BCUT2D eigenvalue weighted by atomic mass is 9.80. The van der Waals surface area contributed by atoms with E-state index in [1.54, 1.807) is 0 Å². The number of rotatable bonds is 2. The summed E-state index contributed by atoms with van der Waals surface area (Å²) in [5, 5.41) is 12.7. The second-order valence-corrected chi connectivity index (χ2v) is 5.92. The molecular formula is C16H22N2. The van der Waals surface area contributed by atoms with Crippen LogP contribution in [0.3, 0.4) is 0 Å². The first-order chi connectivity index (χ1) is 8.58. The van der Waals surface area contributed by atoms with Crippen molar-refractivity contribution < 1.29 is 0 Å². The Morgan fingerprint density at radius 1 is 1.17 bits per heavy atom. The summed E-state index contributed by atoms with van der Waals surface area (Å²) < 4.78 is 0. The fraction of sp³-hybridized carbons (Fsp3) is 0.562. The number of nitrogens with zero attached hydrogens (tertiary/aromatic N) is 1. The Hall–Kier alpha value is -1.49. The number of nitrogens with one attached hydrogen (secondary N) is 1. The van der Waals surface area contributed by atoms with Gasteiger partial charge in [0.25, 0.3) is 0 Å². The first-order valence-electron chi connectivity index (χ1n) is 6.85. The van der Waals surface area contributed by atoms with E-state index in [9.17, 15) is 0 Å². The maximum absolute atomic E-state index is 9.15. The molecule has 0 bridgehead atoms. The highest BCUT2D eigenvalue weighted by Crippen LogP contribution is 2.31. The summed E-state index contributed by atoms with van der Waals surface area (Å²) in [6.07, 6.45) is 3.75. The van der Waals surface area contributed by atoms with Crippen LogP contribution in [0, 0.1) is 30.1 Å². The summed E-state index contributed by atoms with van der Waals surface area (Å²) in [5.74, 6) is 1.56. The predicted octanol–water partition coefficient (Wildman–Crippen LogP) is 4.10. The molecule has 96 valence electrons. The quantitative estimate of drug-likeness (QED) is 0.847. The first-order valence-corrected chi connectivity index (χ1v) is 6.85. The Labute approximate surface area is 110 Å². The van der Waals surface area contributed by atoms with E-state index in [2.05, 4.69) is 38.2 Å². The summed E-state index contributed by atoms with van der Waals surface area (Å²) in [7, 11) is 0. The van der Waals surface area contributed by atoms with Crippen LogP contribution in [0.4, 0.5) is 5.69 Å². The highest BCUT2D eigenvalue weighted by molar-refractivity contribution is 5.59. The molecule has 1 fully saturated rings. The summed E-state index contributed by atoms with van der Waals surface area (Å²) in [5.41, 5.74) is 2.96. The van der Waals surface area contributed by atoms with Crippen LogP contribution < -0.4 is 5.32 Å². The molecule has 0 spiro atoms. The Balaban J connectivity index is 2.13. The van der Waals surface area contributed by atoms with Crippen molar-refractivity contribution >= 4 is 5.69 Å². The van der Waals surface area contributed by atoms with Crippen LogP contribution in [0.5, 0.6) is 0 Å². The zero-order valence-electron chi connectivity index (χ0n) is 11.5. The maximum Gasteiger partial charge on any atom is 0.101 e. The Bertz CT molecular complexity index is 449. The molecule has 2 atom stereocenters.